The van der Waals surface area contributed by atoms with Gasteiger partial charge in [0.2, 0.25) is 12.2 Å². The zero-order valence-corrected chi connectivity index (χ0v) is 12.0. The van der Waals surface area contributed by atoms with Crippen molar-refractivity contribution in [1.82, 2.24) is 0 Å². The third-order valence-electron chi connectivity index (χ3n) is 1.91. The van der Waals surface area contributed by atoms with Gasteiger partial charge >= 0.3 is 0 Å². The highest BCUT2D eigenvalue weighted by Crippen LogP contribution is 2.01. The fourth-order valence-corrected chi connectivity index (χ4v) is 0.576. The van der Waals surface area contributed by atoms with Crippen molar-refractivity contribution in [2.45, 2.75) is 25.7 Å². The Morgan fingerprint density at radius 3 is 1.33 bits per heavy atom. The molecule has 0 saturated carbocycles. The topological polar surface area (TPSA) is 120 Å². The Balaban J connectivity index is 0. The highest BCUT2D eigenvalue weighted by molar-refractivity contribution is 5.34. The summed E-state index contributed by atoms with van der Waals surface area (Å²) in [6.45, 7) is 2.87. The van der Waals surface area contributed by atoms with Crippen LogP contribution in [0.2, 0.25) is 0 Å². The molecular formula is C14H20N2O5. The molecule has 116 valence electrons. The van der Waals surface area contributed by atoms with E-state index in [9.17, 15) is 9.59 Å². The van der Waals surface area contributed by atoms with Crippen molar-refractivity contribution in [3.63, 3.8) is 0 Å². The fourth-order valence-electron chi connectivity index (χ4n) is 0.576. The van der Waals surface area contributed by atoms with Crippen molar-refractivity contribution < 1.29 is 24.9 Å². The number of isocyanates is 2. The van der Waals surface area contributed by atoms with Crippen molar-refractivity contribution in [1.29, 1.82) is 0 Å². The molecule has 0 radical (unpaired) electrons. The molecule has 0 aromatic heterocycles. The second-order valence-electron chi connectivity index (χ2n) is 3.87. The maximum atomic E-state index is 9.34. The number of hydrogen-bond donors (Lipinski definition) is 3. The van der Waals surface area contributed by atoms with Crippen LogP contribution in [0.4, 0.5) is 0 Å². The monoisotopic (exact) mass is 296 g/mol. The van der Waals surface area contributed by atoms with E-state index < -0.39 is 11.9 Å². The molecule has 3 N–H and O–H groups in total. The summed E-state index contributed by atoms with van der Waals surface area (Å²) < 4.78 is 0. The SMILES string of the molecule is CC(O)C(C)(O)O.O=C=NCCN=C=O.c1ccccc1. The van der Waals surface area contributed by atoms with Crippen LogP contribution in [-0.4, -0.2) is 52.5 Å². The minimum atomic E-state index is -1.94. The van der Waals surface area contributed by atoms with Crippen LogP contribution in [0.25, 0.3) is 0 Å². The van der Waals surface area contributed by atoms with Crippen molar-refractivity contribution in [3.05, 3.63) is 36.4 Å². The van der Waals surface area contributed by atoms with Crippen molar-refractivity contribution in [2.75, 3.05) is 13.1 Å². The van der Waals surface area contributed by atoms with Gasteiger partial charge in [-0.3, -0.25) is 0 Å². The van der Waals surface area contributed by atoms with E-state index in [-0.39, 0.29) is 13.1 Å². The lowest BCUT2D eigenvalue weighted by molar-refractivity contribution is -0.205. The van der Waals surface area contributed by atoms with E-state index in [0.717, 1.165) is 6.92 Å². The first-order valence-electron chi connectivity index (χ1n) is 6.06. The Kier molecular flexibility index (Phi) is 14.4. The highest BCUT2D eigenvalue weighted by atomic mass is 16.5. The Bertz CT molecular complexity index is 386. The summed E-state index contributed by atoms with van der Waals surface area (Å²) in [5.74, 6) is -1.94. The third-order valence-corrected chi connectivity index (χ3v) is 1.91. The number of aliphatic imine (C=N–C) groups is 2. The van der Waals surface area contributed by atoms with Gasteiger partial charge in [-0.05, 0) is 13.8 Å². The third kappa shape index (κ3) is 20.3. The molecule has 0 aliphatic rings. The molecule has 1 unspecified atom stereocenters. The second kappa shape index (κ2) is 14.3. The second-order valence-corrected chi connectivity index (χ2v) is 3.87. The van der Waals surface area contributed by atoms with E-state index in [1.54, 1.807) is 0 Å². The predicted molar refractivity (Wildman–Crippen MR) is 76.9 cm³/mol. The Morgan fingerprint density at radius 2 is 1.19 bits per heavy atom. The Hall–Kier alpha value is -2.14. The average Bonchev–Trinajstić information content (AvgIpc) is 2.46. The van der Waals surface area contributed by atoms with Gasteiger partial charge in [0.1, 0.15) is 6.10 Å². The highest BCUT2D eigenvalue weighted by Gasteiger charge is 2.21. The summed E-state index contributed by atoms with van der Waals surface area (Å²) in [6, 6.07) is 12.0. The van der Waals surface area contributed by atoms with Crippen LogP contribution in [0.1, 0.15) is 13.8 Å². The van der Waals surface area contributed by atoms with Gasteiger partial charge in [0.25, 0.3) is 0 Å². The fraction of sp³-hybridized carbons (Fsp3) is 0.429. The summed E-state index contributed by atoms with van der Waals surface area (Å²) in [4.78, 5) is 24.9. The van der Waals surface area contributed by atoms with Crippen LogP contribution < -0.4 is 0 Å². The van der Waals surface area contributed by atoms with E-state index in [2.05, 4.69) is 9.98 Å². The molecule has 7 heteroatoms. The van der Waals surface area contributed by atoms with E-state index >= 15 is 0 Å². The van der Waals surface area contributed by atoms with Crippen LogP contribution in [0.5, 0.6) is 0 Å². The molecule has 0 spiro atoms. The average molecular weight is 296 g/mol. The van der Waals surface area contributed by atoms with E-state index in [0.29, 0.717) is 0 Å². The van der Waals surface area contributed by atoms with Crippen LogP contribution in [0.3, 0.4) is 0 Å². The molecule has 7 nitrogen and oxygen atoms in total. The smallest absolute Gasteiger partial charge is 0.235 e. The molecule has 0 heterocycles. The molecule has 0 aliphatic carbocycles. The molecule has 1 aromatic carbocycles. The molecule has 0 amide bonds. The lowest BCUT2D eigenvalue weighted by Crippen LogP contribution is -2.36. The van der Waals surface area contributed by atoms with Gasteiger partial charge in [0, 0.05) is 0 Å². The largest absolute Gasteiger partial charge is 0.388 e. The van der Waals surface area contributed by atoms with Gasteiger partial charge in [-0.15, -0.1) is 0 Å². The first-order chi connectivity index (χ1) is 9.86. The normalized spacial score (nSPS) is 10.3. The number of benzene rings is 1. The first-order valence-corrected chi connectivity index (χ1v) is 6.06. The van der Waals surface area contributed by atoms with Crippen molar-refractivity contribution in [3.8, 4) is 0 Å². The predicted octanol–water partition coefficient (Wildman–Crippen LogP) is 0.413. The molecule has 0 aliphatic heterocycles. The van der Waals surface area contributed by atoms with E-state index in [1.807, 2.05) is 36.4 Å². The lowest BCUT2D eigenvalue weighted by Gasteiger charge is -2.17. The molecule has 0 fully saturated rings. The van der Waals surface area contributed by atoms with Gasteiger partial charge in [0.05, 0.1) is 13.1 Å². The van der Waals surface area contributed by atoms with Gasteiger partial charge in [-0.2, -0.15) is 0 Å². The molecule has 21 heavy (non-hydrogen) atoms. The minimum Gasteiger partial charge on any atom is -0.388 e. The lowest BCUT2D eigenvalue weighted by atomic mass is 10.2. The summed E-state index contributed by atoms with van der Waals surface area (Å²) in [5.41, 5.74) is 0. The Morgan fingerprint density at radius 1 is 0.952 bits per heavy atom. The summed E-state index contributed by atoms with van der Waals surface area (Å²) in [5, 5.41) is 25.2. The van der Waals surface area contributed by atoms with Gasteiger partial charge < -0.3 is 15.3 Å². The number of aliphatic hydroxyl groups is 3. The van der Waals surface area contributed by atoms with Crippen LogP contribution in [0.15, 0.2) is 46.4 Å². The minimum absolute atomic E-state index is 0.221. The summed E-state index contributed by atoms with van der Waals surface area (Å²) >= 11 is 0. The maximum Gasteiger partial charge on any atom is 0.235 e. The van der Waals surface area contributed by atoms with Crippen LogP contribution in [0, 0.1) is 0 Å². The number of hydrogen-bond acceptors (Lipinski definition) is 7. The van der Waals surface area contributed by atoms with Crippen LogP contribution >= 0.6 is 0 Å². The van der Waals surface area contributed by atoms with Crippen molar-refractivity contribution in [2.24, 2.45) is 9.98 Å². The summed E-state index contributed by atoms with van der Waals surface area (Å²) in [7, 11) is 0. The molecular weight excluding hydrogens is 276 g/mol. The number of rotatable bonds is 4. The number of carbonyl (C=O) groups excluding carboxylic acids is 2. The van der Waals surface area contributed by atoms with E-state index in [4.69, 9.17) is 15.3 Å². The molecule has 1 rings (SSSR count). The molecule has 0 saturated heterocycles. The quantitative estimate of drug-likeness (QED) is 0.322. The van der Waals surface area contributed by atoms with Gasteiger partial charge in [-0.1, -0.05) is 36.4 Å². The standard InChI is InChI=1S/C6H6.C4H4N2O2.C4H10O3/c1-2-4-6-5-3-1;7-3-5-1-2-6-4-8;1-3(5)4(2,6)7/h1-6H;1-2H2;3,5-7H,1-2H3. The Labute approximate surface area is 123 Å². The van der Waals surface area contributed by atoms with Crippen LogP contribution in [-0.2, 0) is 9.59 Å². The van der Waals surface area contributed by atoms with Gasteiger partial charge in [-0.25, -0.2) is 19.6 Å². The van der Waals surface area contributed by atoms with Crippen molar-refractivity contribution >= 4 is 12.2 Å². The van der Waals surface area contributed by atoms with Gasteiger partial charge in [0.15, 0.2) is 5.79 Å². The first kappa shape index (κ1) is 21.2. The molecule has 0 bridgehead atoms. The molecule has 1 atom stereocenters. The molecule has 1 aromatic rings. The maximum absolute atomic E-state index is 9.34. The van der Waals surface area contributed by atoms with E-state index in [1.165, 1.54) is 19.1 Å². The zero-order valence-electron chi connectivity index (χ0n) is 12.0. The summed E-state index contributed by atoms with van der Waals surface area (Å²) in [6.07, 6.45) is 1.53. The number of aliphatic hydroxyl groups excluding tert-OH is 1. The number of nitrogens with zero attached hydrogens (tertiary/aromatic N) is 2. The zero-order chi connectivity index (χ0) is 16.6.